The highest BCUT2D eigenvalue weighted by Gasteiger charge is 2.59. The summed E-state index contributed by atoms with van der Waals surface area (Å²) in [6.07, 6.45) is -5.19. The summed E-state index contributed by atoms with van der Waals surface area (Å²) in [5.74, 6) is -2.23. The van der Waals surface area contributed by atoms with E-state index in [-0.39, 0.29) is 11.9 Å². The summed E-state index contributed by atoms with van der Waals surface area (Å²) < 4.78 is 37.0. The fraction of sp³-hybridized carbons (Fsp3) is 0.200. The largest absolute Gasteiger partial charge is 0.542 e. The van der Waals surface area contributed by atoms with Crippen molar-refractivity contribution in [2.75, 3.05) is 12.0 Å². The number of diazo groups is 1. The van der Waals surface area contributed by atoms with Crippen LogP contribution in [-0.4, -0.2) is 25.2 Å². The Hall–Kier alpha value is -4.39. The van der Waals surface area contributed by atoms with E-state index in [0.29, 0.717) is 5.69 Å². The van der Waals surface area contributed by atoms with Gasteiger partial charge in [-0.2, -0.15) is 13.2 Å². The van der Waals surface area contributed by atoms with Gasteiger partial charge in [0.15, 0.2) is 4.98 Å². The highest BCUT2D eigenvalue weighted by molar-refractivity contribution is 6.10. The van der Waals surface area contributed by atoms with Gasteiger partial charge in [-0.1, -0.05) is 30.3 Å². The molecule has 3 aromatic carbocycles. The average Bonchev–Trinajstić information content (AvgIpc) is 2.86. The van der Waals surface area contributed by atoms with Gasteiger partial charge in [-0.15, -0.1) is 0 Å². The number of halogens is 3. The summed E-state index contributed by atoms with van der Waals surface area (Å²) >= 11 is 0. The van der Waals surface area contributed by atoms with Crippen LogP contribution in [0.15, 0.2) is 78.9 Å². The van der Waals surface area contributed by atoms with Crippen LogP contribution in [-0.2, 0) is 15.0 Å². The maximum atomic E-state index is 13.4. The minimum atomic E-state index is -5.19. The van der Waals surface area contributed by atoms with Crippen LogP contribution >= 0.6 is 0 Å². The molecule has 1 fully saturated rings. The Kier molecular flexibility index (Phi) is 7.10. The van der Waals surface area contributed by atoms with E-state index in [1.54, 1.807) is 19.2 Å². The maximum Gasteiger partial charge on any atom is 0.430 e. The molecule has 1 aliphatic heterocycles. The van der Waals surface area contributed by atoms with Crippen LogP contribution in [0.3, 0.4) is 0 Å². The Morgan fingerprint density at radius 1 is 1.06 bits per heavy atom. The number of aliphatic carboxylic acids is 1. The van der Waals surface area contributed by atoms with Gasteiger partial charge < -0.3 is 19.5 Å². The Balaban J connectivity index is 0.000000429. The zero-order chi connectivity index (χ0) is 25.8. The van der Waals surface area contributed by atoms with Crippen LogP contribution in [0.2, 0.25) is 0 Å². The number of ether oxygens (including phenoxy) is 1. The number of rotatable bonds is 4. The molecule has 0 bridgehead atoms. The maximum absolute atomic E-state index is 13.4. The van der Waals surface area contributed by atoms with Gasteiger partial charge >= 0.3 is 11.9 Å². The molecule has 180 valence electrons. The molecule has 4 rings (SSSR count). The molecule has 0 radical (unpaired) electrons. The Labute approximate surface area is 199 Å². The quantitative estimate of drug-likeness (QED) is 0.401. The standard InChI is InChI=1S/C23H20N3O2.C2HF3O2/c1-23(17-11-13-18(25-24)14-12-17)21(16-7-6-10-20(15-16)28-2)26(22(23)27)19-8-4-3-5-9-19;3-2(4,5)1(6)7/h3-15,21H,1-2H3;(H,6,7)/q+1;/p-1/t21-,23-;/m1./s1. The summed E-state index contributed by atoms with van der Waals surface area (Å²) in [5, 5.41) is 17.8. The number of carbonyl (C=O) groups is 2. The molecule has 1 heterocycles. The third kappa shape index (κ3) is 4.94. The molecule has 0 unspecified atom stereocenters. The summed E-state index contributed by atoms with van der Waals surface area (Å²) in [7, 11) is 1.64. The molecular weight excluding hydrogens is 463 g/mol. The first-order chi connectivity index (χ1) is 16.5. The predicted octanol–water partition coefficient (Wildman–Crippen LogP) is 4.52. The first-order valence-electron chi connectivity index (χ1n) is 10.3. The van der Waals surface area contributed by atoms with Crippen LogP contribution in [0.5, 0.6) is 5.75 Å². The Bertz CT molecular complexity index is 1260. The lowest BCUT2D eigenvalue weighted by Crippen LogP contribution is -2.65. The summed E-state index contributed by atoms with van der Waals surface area (Å²) in [5.41, 5.74) is 2.46. The lowest BCUT2D eigenvalue weighted by molar-refractivity contribution is -0.344. The molecule has 0 aromatic heterocycles. The van der Waals surface area contributed by atoms with Gasteiger partial charge in [0, 0.05) is 17.8 Å². The number of para-hydroxylation sites is 1. The van der Waals surface area contributed by atoms with Crippen molar-refractivity contribution in [3.05, 3.63) is 95.0 Å². The number of amides is 1. The monoisotopic (exact) mass is 483 g/mol. The first kappa shape index (κ1) is 25.2. The molecule has 0 spiro atoms. The van der Waals surface area contributed by atoms with E-state index in [4.69, 9.17) is 20.0 Å². The van der Waals surface area contributed by atoms with Crippen molar-refractivity contribution < 1.29 is 32.6 Å². The number of carbonyl (C=O) groups excluding carboxylic acids is 2. The second kappa shape index (κ2) is 9.85. The highest BCUT2D eigenvalue weighted by atomic mass is 19.4. The van der Waals surface area contributed by atoms with Gasteiger partial charge in [0.1, 0.15) is 11.7 Å². The van der Waals surface area contributed by atoms with Crippen LogP contribution < -0.4 is 14.7 Å². The fourth-order valence-electron chi connectivity index (χ4n) is 3.98. The molecule has 35 heavy (non-hydrogen) atoms. The fourth-order valence-corrected chi connectivity index (χ4v) is 3.98. The van der Waals surface area contributed by atoms with Crippen molar-refractivity contribution in [2.45, 2.75) is 24.6 Å². The van der Waals surface area contributed by atoms with Gasteiger partial charge in [0.25, 0.3) is 0 Å². The van der Waals surface area contributed by atoms with Crippen molar-refractivity contribution in [1.29, 1.82) is 5.39 Å². The van der Waals surface area contributed by atoms with E-state index in [9.17, 15) is 18.0 Å². The van der Waals surface area contributed by atoms with Crippen molar-refractivity contribution in [1.82, 2.24) is 0 Å². The SMILES string of the molecule is COc1cccc([C@H]2N(c3ccccc3)C(=O)[C@]2(C)c2ccc([N+]#N)cc2)c1.O=C([O-])C(F)(F)F. The lowest BCUT2D eigenvalue weighted by atomic mass is 9.64. The molecule has 7 nitrogen and oxygen atoms in total. The average molecular weight is 483 g/mol. The smallest absolute Gasteiger partial charge is 0.430 e. The number of alkyl halides is 3. The topological polar surface area (TPSA) is 97.8 Å². The Morgan fingerprint density at radius 3 is 2.17 bits per heavy atom. The Morgan fingerprint density at radius 2 is 1.66 bits per heavy atom. The third-order valence-electron chi connectivity index (χ3n) is 5.73. The minimum Gasteiger partial charge on any atom is -0.542 e. The molecule has 0 saturated carbocycles. The number of β-lactam (4-membered cyclic amide) rings is 1. The minimum absolute atomic E-state index is 0.0280. The molecular formula is C25H20F3N3O4. The molecule has 0 N–H and O–H groups in total. The number of nitrogens with zero attached hydrogens (tertiary/aromatic N) is 3. The molecule has 1 aliphatic rings. The summed E-state index contributed by atoms with van der Waals surface area (Å²) in [4.78, 5) is 27.2. The summed E-state index contributed by atoms with van der Waals surface area (Å²) in [6.45, 7) is 1.96. The number of benzene rings is 3. The van der Waals surface area contributed by atoms with E-state index in [2.05, 4.69) is 4.98 Å². The van der Waals surface area contributed by atoms with Gasteiger partial charge in [0.2, 0.25) is 11.3 Å². The van der Waals surface area contributed by atoms with E-state index >= 15 is 0 Å². The van der Waals surface area contributed by atoms with Crippen molar-refractivity contribution in [2.24, 2.45) is 0 Å². The first-order valence-corrected chi connectivity index (χ1v) is 10.3. The number of carboxylic acids is 1. The van der Waals surface area contributed by atoms with E-state index in [1.807, 2.05) is 78.6 Å². The zero-order valence-electron chi connectivity index (χ0n) is 18.7. The molecule has 1 amide bonds. The van der Waals surface area contributed by atoms with E-state index in [0.717, 1.165) is 22.6 Å². The number of hydrogen-bond donors (Lipinski definition) is 0. The van der Waals surface area contributed by atoms with Gasteiger partial charge in [-0.3, -0.25) is 4.79 Å². The van der Waals surface area contributed by atoms with Crippen LogP contribution in [0.4, 0.5) is 24.5 Å². The van der Waals surface area contributed by atoms with E-state index < -0.39 is 17.6 Å². The van der Waals surface area contributed by atoms with Crippen LogP contribution in [0, 0.1) is 5.39 Å². The van der Waals surface area contributed by atoms with E-state index in [1.165, 1.54) is 0 Å². The molecule has 1 saturated heterocycles. The van der Waals surface area contributed by atoms with Crippen molar-refractivity contribution in [3.63, 3.8) is 0 Å². The number of methoxy groups -OCH3 is 1. The highest BCUT2D eigenvalue weighted by Crippen LogP contribution is 2.53. The lowest BCUT2D eigenvalue weighted by Gasteiger charge is -2.55. The van der Waals surface area contributed by atoms with Crippen molar-refractivity contribution >= 4 is 23.3 Å². The third-order valence-corrected chi connectivity index (χ3v) is 5.73. The second-order valence-corrected chi connectivity index (χ2v) is 7.82. The number of carboxylic acid groups (broad SMARTS) is 1. The molecule has 0 aliphatic carbocycles. The van der Waals surface area contributed by atoms with Gasteiger partial charge in [-0.05, 0) is 54.4 Å². The molecule has 2 atom stereocenters. The predicted molar refractivity (Wildman–Crippen MR) is 119 cm³/mol. The number of hydrogen-bond acceptors (Lipinski definition) is 5. The number of anilines is 1. The molecule has 10 heteroatoms. The van der Waals surface area contributed by atoms with Gasteiger partial charge in [0.05, 0.1) is 18.6 Å². The second-order valence-electron chi connectivity index (χ2n) is 7.82. The van der Waals surface area contributed by atoms with Crippen LogP contribution in [0.1, 0.15) is 24.1 Å². The van der Waals surface area contributed by atoms with Gasteiger partial charge in [-0.25, -0.2) is 0 Å². The van der Waals surface area contributed by atoms with Crippen LogP contribution in [0.25, 0.3) is 4.98 Å². The normalized spacial score (nSPS) is 19.0. The molecule has 3 aromatic rings. The zero-order valence-corrected chi connectivity index (χ0v) is 18.7. The summed E-state index contributed by atoms with van der Waals surface area (Å²) in [6, 6.07) is 24.4. The van der Waals surface area contributed by atoms with Crippen molar-refractivity contribution in [3.8, 4) is 5.75 Å².